The fourth-order valence-electron chi connectivity index (χ4n) is 4.01. The Kier molecular flexibility index (Phi) is 6.60. The number of carbonyl (C=O) groups excluding carboxylic acids is 3. The Hall–Kier alpha value is -2.42. The first-order chi connectivity index (χ1) is 14.9. The summed E-state index contributed by atoms with van der Waals surface area (Å²) >= 11 is 9.31. The van der Waals surface area contributed by atoms with Gasteiger partial charge in [-0.2, -0.15) is 0 Å². The first-order valence-corrected chi connectivity index (χ1v) is 11.2. The second kappa shape index (κ2) is 9.38. The molecule has 2 fully saturated rings. The highest BCUT2D eigenvalue weighted by Gasteiger charge is 2.47. The van der Waals surface area contributed by atoms with E-state index in [1.165, 1.54) is 9.80 Å². The number of hydrogen-bond acceptors (Lipinski definition) is 4. The van der Waals surface area contributed by atoms with Crippen LogP contribution < -0.4 is 10.6 Å². The number of rotatable bonds is 5. The number of hydrogen-bond donors (Lipinski definition) is 2. The summed E-state index contributed by atoms with van der Waals surface area (Å²) in [6.07, 6.45) is 1.51. The molecule has 2 saturated heterocycles. The molecule has 2 unspecified atom stereocenters. The van der Waals surface area contributed by atoms with Crippen molar-refractivity contribution in [3.63, 3.8) is 0 Å². The number of anilines is 1. The van der Waals surface area contributed by atoms with E-state index in [1.807, 2.05) is 12.1 Å². The normalized spacial score (nSPS) is 21.1. The summed E-state index contributed by atoms with van der Waals surface area (Å²) < 4.78 is 0.907. The lowest BCUT2D eigenvalue weighted by Crippen LogP contribution is -2.70. The van der Waals surface area contributed by atoms with Crippen molar-refractivity contribution in [3.8, 4) is 0 Å². The van der Waals surface area contributed by atoms with E-state index in [-0.39, 0.29) is 30.9 Å². The van der Waals surface area contributed by atoms with Gasteiger partial charge in [0.2, 0.25) is 11.8 Å². The Labute approximate surface area is 193 Å². The van der Waals surface area contributed by atoms with Gasteiger partial charge in [0.1, 0.15) is 12.6 Å². The average molecular weight is 506 g/mol. The van der Waals surface area contributed by atoms with Crippen molar-refractivity contribution in [1.29, 1.82) is 0 Å². The zero-order chi connectivity index (χ0) is 22.0. The molecule has 2 aromatic rings. The van der Waals surface area contributed by atoms with Crippen molar-refractivity contribution in [2.24, 2.45) is 0 Å². The molecule has 9 heteroatoms. The number of carbonyl (C=O) groups is 3. The molecular formula is C22H22BrClN4O3. The van der Waals surface area contributed by atoms with Crippen LogP contribution in [0.3, 0.4) is 0 Å². The van der Waals surface area contributed by atoms with Gasteiger partial charge >= 0.3 is 6.03 Å². The van der Waals surface area contributed by atoms with Crippen LogP contribution in [0.5, 0.6) is 0 Å². The number of urea groups is 1. The summed E-state index contributed by atoms with van der Waals surface area (Å²) in [7, 11) is 0. The average Bonchev–Trinajstić information content (AvgIpc) is 2.77. The van der Waals surface area contributed by atoms with Crippen LogP contribution in [-0.2, 0) is 16.1 Å². The second-order valence-electron chi connectivity index (χ2n) is 7.66. The highest BCUT2D eigenvalue weighted by atomic mass is 79.9. The minimum Gasteiger partial charge on any atom is -0.325 e. The fraction of sp³-hybridized carbons (Fsp3) is 0.318. The Morgan fingerprint density at radius 2 is 1.84 bits per heavy atom. The molecule has 2 aliphatic rings. The van der Waals surface area contributed by atoms with E-state index >= 15 is 0 Å². The van der Waals surface area contributed by atoms with E-state index in [9.17, 15) is 14.4 Å². The van der Waals surface area contributed by atoms with Gasteiger partial charge in [0.05, 0.1) is 12.6 Å². The van der Waals surface area contributed by atoms with Gasteiger partial charge in [-0.25, -0.2) is 4.79 Å². The Bertz CT molecular complexity index is 983. The van der Waals surface area contributed by atoms with E-state index in [0.29, 0.717) is 23.7 Å². The zero-order valence-electron chi connectivity index (χ0n) is 16.7. The smallest absolute Gasteiger partial charge is 0.325 e. The molecule has 0 spiro atoms. The summed E-state index contributed by atoms with van der Waals surface area (Å²) in [4.78, 5) is 41.8. The number of amides is 4. The van der Waals surface area contributed by atoms with Crippen LogP contribution in [0.25, 0.3) is 0 Å². The van der Waals surface area contributed by atoms with Crippen LogP contribution >= 0.6 is 27.5 Å². The monoisotopic (exact) mass is 504 g/mol. The van der Waals surface area contributed by atoms with Gasteiger partial charge in [0.15, 0.2) is 0 Å². The number of piperidine rings is 1. The summed E-state index contributed by atoms with van der Waals surface area (Å²) in [5.41, 5.74) is 1.43. The number of benzene rings is 2. The summed E-state index contributed by atoms with van der Waals surface area (Å²) in [5, 5.41) is 6.64. The molecule has 31 heavy (non-hydrogen) atoms. The van der Waals surface area contributed by atoms with Gasteiger partial charge in [-0.05, 0) is 61.3 Å². The number of halogens is 2. The van der Waals surface area contributed by atoms with Gasteiger partial charge in [-0.3, -0.25) is 14.5 Å². The molecule has 0 aliphatic carbocycles. The molecule has 0 saturated carbocycles. The lowest BCUT2D eigenvalue weighted by atomic mass is 9.93. The first-order valence-electron chi connectivity index (χ1n) is 10.1. The SMILES string of the molecule is O=C(CN1C(=O)N(Cc2ccc(Cl)cc2)C(=O)C2NCCCC21)Nc1ccc(Br)cc1. The standard InChI is InChI=1S/C22H22BrClN4O3/c23-15-5-9-17(10-6-15)26-19(29)13-27-18-2-1-11-25-20(18)21(30)28(22(27)31)12-14-3-7-16(24)8-4-14/h3-10,18,20,25H,1-2,11-13H2,(H,26,29). The Morgan fingerprint density at radius 3 is 2.55 bits per heavy atom. The number of nitrogens with one attached hydrogen (secondary N) is 2. The van der Waals surface area contributed by atoms with Crippen LogP contribution in [0.1, 0.15) is 18.4 Å². The molecule has 2 aliphatic heterocycles. The predicted octanol–water partition coefficient (Wildman–Crippen LogP) is 3.63. The maximum atomic E-state index is 13.3. The van der Waals surface area contributed by atoms with Crippen molar-refractivity contribution < 1.29 is 14.4 Å². The summed E-state index contributed by atoms with van der Waals surface area (Å²) in [6.45, 7) is 0.710. The van der Waals surface area contributed by atoms with Crippen molar-refractivity contribution >= 4 is 51.1 Å². The molecule has 7 nitrogen and oxygen atoms in total. The van der Waals surface area contributed by atoms with Crippen molar-refractivity contribution in [1.82, 2.24) is 15.1 Å². The number of fused-ring (bicyclic) bond motifs is 1. The molecular weight excluding hydrogens is 484 g/mol. The number of imide groups is 1. The highest BCUT2D eigenvalue weighted by molar-refractivity contribution is 9.10. The van der Waals surface area contributed by atoms with E-state index in [0.717, 1.165) is 16.5 Å². The summed E-state index contributed by atoms with van der Waals surface area (Å²) in [6, 6.07) is 12.9. The number of nitrogens with zero attached hydrogens (tertiary/aromatic N) is 2. The third-order valence-corrected chi connectivity index (χ3v) is 6.31. The molecule has 4 amide bonds. The van der Waals surface area contributed by atoms with Gasteiger partial charge in [0, 0.05) is 15.2 Å². The third kappa shape index (κ3) is 4.92. The topological polar surface area (TPSA) is 81.8 Å². The molecule has 2 aromatic carbocycles. The summed E-state index contributed by atoms with van der Waals surface area (Å²) in [5.74, 6) is -0.560. The van der Waals surface area contributed by atoms with Crippen LogP contribution in [0.15, 0.2) is 53.0 Å². The van der Waals surface area contributed by atoms with E-state index < -0.39 is 12.1 Å². The van der Waals surface area contributed by atoms with Crippen molar-refractivity contribution in [2.45, 2.75) is 31.5 Å². The van der Waals surface area contributed by atoms with Gasteiger partial charge < -0.3 is 15.5 Å². The second-order valence-corrected chi connectivity index (χ2v) is 9.01. The van der Waals surface area contributed by atoms with E-state index in [4.69, 9.17) is 11.6 Å². The molecule has 0 aromatic heterocycles. The highest BCUT2D eigenvalue weighted by Crippen LogP contribution is 2.26. The zero-order valence-corrected chi connectivity index (χ0v) is 19.0. The first kappa shape index (κ1) is 21.8. The molecule has 4 rings (SSSR count). The molecule has 2 atom stereocenters. The molecule has 162 valence electrons. The lowest BCUT2D eigenvalue weighted by molar-refractivity contribution is -0.138. The van der Waals surface area contributed by atoms with Crippen LogP contribution in [0, 0.1) is 0 Å². The van der Waals surface area contributed by atoms with E-state index in [1.54, 1.807) is 36.4 Å². The van der Waals surface area contributed by atoms with Crippen molar-refractivity contribution in [3.05, 3.63) is 63.6 Å². The van der Waals surface area contributed by atoms with Crippen LogP contribution in [0.2, 0.25) is 5.02 Å². The minimum absolute atomic E-state index is 0.123. The van der Waals surface area contributed by atoms with Gasteiger partial charge in [0.25, 0.3) is 0 Å². The molecule has 0 radical (unpaired) electrons. The van der Waals surface area contributed by atoms with Crippen LogP contribution in [0.4, 0.5) is 10.5 Å². The van der Waals surface area contributed by atoms with Gasteiger partial charge in [-0.15, -0.1) is 0 Å². The Balaban J connectivity index is 1.53. The lowest BCUT2D eigenvalue weighted by Gasteiger charge is -2.46. The third-order valence-electron chi connectivity index (χ3n) is 5.53. The molecule has 2 heterocycles. The fourth-order valence-corrected chi connectivity index (χ4v) is 4.40. The quantitative estimate of drug-likeness (QED) is 0.650. The Morgan fingerprint density at radius 1 is 1.13 bits per heavy atom. The van der Waals surface area contributed by atoms with E-state index in [2.05, 4.69) is 26.6 Å². The maximum Gasteiger partial charge on any atom is 0.327 e. The van der Waals surface area contributed by atoms with Gasteiger partial charge in [-0.1, -0.05) is 39.7 Å². The predicted molar refractivity (Wildman–Crippen MR) is 122 cm³/mol. The molecule has 2 N–H and O–H groups in total. The van der Waals surface area contributed by atoms with Crippen molar-refractivity contribution in [2.75, 3.05) is 18.4 Å². The van der Waals surface area contributed by atoms with Crippen LogP contribution in [-0.4, -0.2) is 52.8 Å². The minimum atomic E-state index is -0.515. The maximum absolute atomic E-state index is 13.3. The largest absolute Gasteiger partial charge is 0.327 e. The molecule has 0 bridgehead atoms.